The van der Waals surface area contributed by atoms with Crippen LogP contribution in [0.4, 0.5) is 0 Å². The van der Waals surface area contributed by atoms with Gasteiger partial charge in [0.05, 0.1) is 11.8 Å². The number of nitrogens with zero attached hydrogens (tertiary/aromatic N) is 1. The Labute approximate surface area is 101 Å². The minimum atomic E-state index is -0.787. The predicted octanol–water partition coefficient (Wildman–Crippen LogP) is 0.164. The number of hydrogen-bond donors (Lipinski definition) is 2. The standard InChI is InChI=1S/C12H20N2O3/c1-7-5-13-6-10(7)11(15)14-4-3-9(8(14)2)12(16)17/h7-10,13H,3-6H2,1-2H3,(H,16,17). The fraction of sp³-hybridized carbons (Fsp3) is 0.833. The highest BCUT2D eigenvalue weighted by molar-refractivity contribution is 5.82. The van der Waals surface area contributed by atoms with Gasteiger partial charge in [-0.3, -0.25) is 9.59 Å². The summed E-state index contributed by atoms with van der Waals surface area (Å²) in [5.74, 6) is -0.698. The zero-order valence-electron chi connectivity index (χ0n) is 10.3. The van der Waals surface area contributed by atoms with Gasteiger partial charge in [-0.2, -0.15) is 0 Å². The first-order valence-electron chi connectivity index (χ1n) is 6.26. The van der Waals surface area contributed by atoms with E-state index in [1.807, 2.05) is 6.92 Å². The van der Waals surface area contributed by atoms with Crippen molar-refractivity contribution < 1.29 is 14.7 Å². The lowest BCUT2D eigenvalue weighted by molar-refractivity contribution is -0.143. The van der Waals surface area contributed by atoms with Gasteiger partial charge in [0.2, 0.25) is 5.91 Å². The van der Waals surface area contributed by atoms with Crippen LogP contribution in [0.25, 0.3) is 0 Å². The lowest BCUT2D eigenvalue weighted by atomic mass is 9.96. The number of nitrogens with one attached hydrogen (secondary N) is 1. The van der Waals surface area contributed by atoms with Gasteiger partial charge in [-0.25, -0.2) is 0 Å². The van der Waals surface area contributed by atoms with E-state index in [4.69, 9.17) is 5.11 Å². The average Bonchev–Trinajstić information content (AvgIpc) is 2.83. The highest BCUT2D eigenvalue weighted by Gasteiger charge is 2.42. The van der Waals surface area contributed by atoms with Crippen molar-refractivity contribution in [1.82, 2.24) is 10.2 Å². The van der Waals surface area contributed by atoms with E-state index >= 15 is 0 Å². The van der Waals surface area contributed by atoms with E-state index in [-0.39, 0.29) is 17.9 Å². The maximum Gasteiger partial charge on any atom is 0.308 e. The van der Waals surface area contributed by atoms with Crippen LogP contribution in [-0.4, -0.2) is 47.6 Å². The number of likely N-dealkylation sites (tertiary alicyclic amines) is 1. The fourth-order valence-corrected chi connectivity index (χ4v) is 2.93. The molecule has 2 N–H and O–H groups in total. The van der Waals surface area contributed by atoms with Crippen LogP contribution in [-0.2, 0) is 9.59 Å². The Morgan fingerprint density at radius 3 is 2.41 bits per heavy atom. The van der Waals surface area contributed by atoms with Crippen LogP contribution in [0.3, 0.4) is 0 Å². The summed E-state index contributed by atoms with van der Waals surface area (Å²) in [4.78, 5) is 25.1. The maximum atomic E-state index is 12.3. The average molecular weight is 240 g/mol. The molecule has 2 rings (SSSR count). The van der Waals surface area contributed by atoms with Gasteiger partial charge in [0.15, 0.2) is 0 Å². The first-order valence-corrected chi connectivity index (χ1v) is 6.26. The van der Waals surface area contributed by atoms with E-state index < -0.39 is 11.9 Å². The van der Waals surface area contributed by atoms with Gasteiger partial charge in [-0.05, 0) is 25.8 Å². The van der Waals surface area contributed by atoms with Gasteiger partial charge in [0, 0.05) is 19.1 Å². The molecule has 2 aliphatic heterocycles. The number of carboxylic acids is 1. The van der Waals surface area contributed by atoms with Crippen molar-refractivity contribution >= 4 is 11.9 Å². The molecule has 0 bridgehead atoms. The predicted molar refractivity (Wildman–Crippen MR) is 62.4 cm³/mol. The molecule has 1 amide bonds. The lowest BCUT2D eigenvalue weighted by Gasteiger charge is -2.27. The summed E-state index contributed by atoms with van der Waals surface area (Å²) in [5.41, 5.74) is 0. The summed E-state index contributed by atoms with van der Waals surface area (Å²) in [6.45, 7) is 6.09. The largest absolute Gasteiger partial charge is 0.481 e. The van der Waals surface area contributed by atoms with E-state index in [1.54, 1.807) is 4.90 Å². The van der Waals surface area contributed by atoms with Crippen molar-refractivity contribution in [3.8, 4) is 0 Å². The van der Waals surface area contributed by atoms with Gasteiger partial charge >= 0.3 is 5.97 Å². The van der Waals surface area contributed by atoms with E-state index in [0.29, 0.717) is 18.9 Å². The molecule has 5 nitrogen and oxygen atoms in total. The molecule has 4 atom stereocenters. The van der Waals surface area contributed by atoms with Crippen LogP contribution in [0.2, 0.25) is 0 Å². The van der Waals surface area contributed by atoms with Crippen molar-refractivity contribution in [2.24, 2.45) is 17.8 Å². The quantitative estimate of drug-likeness (QED) is 0.721. The van der Waals surface area contributed by atoms with Crippen LogP contribution in [0.15, 0.2) is 0 Å². The molecule has 2 saturated heterocycles. The minimum Gasteiger partial charge on any atom is -0.481 e. The van der Waals surface area contributed by atoms with Crippen LogP contribution in [0, 0.1) is 17.8 Å². The van der Waals surface area contributed by atoms with Crippen molar-refractivity contribution in [3.63, 3.8) is 0 Å². The third-order valence-corrected chi connectivity index (χ3v) is 4.19. The number of aliphatic carboxylic acids is 1. The zero-order chi connectivity index (χ0) is 12.6. The monoisotopic (exact) mass is 240 g/mol. The van der Waals surface area contributed by atoms with Crippen molar-refractivity contribution in [2.45, 2.75) is 26.3 Å². The molecule has 0 aromatic carbocycles. The molecule has 0 radical (unpaired) electrons. The molecular formula is C12H20N2O3. The third kappa shape index (κ3) is 2.16. The molecule has 0 spiro atoms. The second-order valence-electron chi connectivity index (χ2n) is 5.25. The third-order valence-electron chi connectivity index (χ3n) is 4.19. The summed E-state index contributed by atoms with van der Waals surface area (Å²) >= 11 is 0. The molecule has 2 aliphatic rings. The Morgan fingerprint density at radius 1 is 1.24 bits per heavy atom. The summed E-state index contributed by atoms with van der Waals surface area (Å²) in [6.07, 6.45) is 0.580. The van der Waals surface area contributed by atoms with Crippen molar-refractivity contribution in [2.75, 3.05) is 19.6 Å². The smallest absolute Gasteiger partial charge is 0.308 e. The van der Waals surface area contributed by atoms with Gasteiger partial charge in [0.25, 0.3) is 0 Å². The molecule has 5 heteroatoms. The van der Waals surface area contributed by atoms with E-state index in [9.17, 15) is 9.59 Å². The van der Waals surface area contributed by atoms with Crippen LogP contribution in [0.5, 0.6) is 0 Å². The van der Waals surface area contributed by atoms with Crippen molar-refractivity contribution in [3.05, 3.63) is 0 Å². The number of rotatable bonds is 2. The summed E-state index contributed by atoms with van der Waals surface area (Å²) < 4.78 is 0. The van der Waals surface area contributed by atoms with Crippen LogP contribution < -0.4 is 5.32 Å². The highest BCUT2D eigenvalue weighted by Crippen LogP contribution is 2.28. The van der Waals surface area contributed by atoms with E-state index in [1.165, 1.54) is 0 Å². The highest BCUT2D eigenvalue weighted by atomic mass is 16.4. The summed E-state index contributed by atoms with van der Waals surface area (Å²) in [6, 6.07) is -0.173. The Kier molecular flexibility index (Phi) is 3.38. The molecular weight excluding hydrogens is 220 g/mol. The van der Waals surface area contributed by atoms with Gasteiger partial charge < -0.3 is 15.3 Å². The molecule has 4 unspecified atom stereocenters. The Morgan fingerprint density at radius 2 is 1.94 bits per heavy atom. The topological polar surface area (TPSA) is 69.6 Å². The molecule has 17 heavy (non-hydrogen) atoms. The number of hydrogen-bond acceptors (Lipinski definition) is 3. The summed E-state index contributed by atoms with van der Waals surface area (Å²) in [5, 5.41) is 12.3. The van der Waals surface area contributed by atoms with Crippen molar-refractivity contribution in [1.29, 1.82) is 0 Å². The van der Waals surface area contributed by atoms with Gasteiger partial charge in [-0.1, -0.05) is 6.92 Å². The number of amides is 1. The van der Waals surface area contributed by atoms with Gasteiger partial charge in [0.1, 0.15) is 0 Å². The zero-order valence-corrected chi connectivity index (χ0v) is 10.3. The number of carbonyl (C=O) groups excluding carboxylic acids is 1. The lowest BCUT2D eigenvalue weighted by Crippen LogP contribution is -2.42. The van der Waals surface area contributed by atoms with E-state index in [0.717, 1.165) is 13.1 Å². The molecule has 0 aliphatic carbocycles. The number of carboxylic acid groups (broad SMARTS) is 1. The fourth-order valence-electron chi connectivity index (χ4n) is 2.93. The van der Waals surface area contributed by atoms with E-state index in [2.05, 4.69) is 12.2 Å². The number of carbonyl (C=O) groups is 2. The summed E-state index contributed by atoms with van der Waals surface area (Å²) in [7, 11) is 0. The second-order valence-corrected chi connectivity index (χ2v) is 5.25. The normalized spacial score (nSPS) is 37.4. The van der Waals surface area contributed by atoms with Crippen LogP contribution in [0.1, 0.15) is 20.3 Å². The molecule has 0 aromatic heterocycles. The van der Waals surface area contributed by atoms with Gasteiger partial charge in [-0.15, -0.1) is 0 Å². The Balaban J connectivity index is 2.04. The Bertz CT molecular complexity index is 332. The minimum absolute atomic E-state index is 0.0185. The molecule has 2 fully saturated rings. The first-order chi connectivity index (χ1) is 8.02. The maximum absolute atomic E-state index is 12.3. The SMILES string of the molecule is CC1CNCC1C(=O)N1CCC(C(=O)O)C1C. The van der Waals surface area contributed by atoms with Crippen LogP contribution >= 0.6 is 0 Å². The first kappa shape index (κ1) is 12.4. The molecule has 0 aromatic rings. The Hall–Kier alpha value is -1.10. The molecule has 96 valence electrons. The molecule has 0 saturated carbocycles. The second kappa shape index (κ2) is 4.64. The molecule has 2 heterocycles.